The van der Waals surface area contributed by atoms with Gasteiger partial charge >= 0.3 is 0 Å². The first-order valence-corrected chi connectivity index (χ1v) is 10.2. The van der Waals surface area contributed by atoms with E-state index < -0.39 is 0 Å². The number of methoxy groups -OCH3 is 1. The van der Waals surface area contributed by atoms with Crippen LogP contribution in [0.2, 0.25) is 0 Å². The molecular weight excluding hydrogens is 402 g/mol. The molecule has 6 nitrogen and oxygen atoms in total. The highest BCUT2D eigenvalue weighted by atomic mass is 16.5. The van der Waals surface area contributed by atoms with Crippen LogP contribution < -0.4 is 14.8 Å². The van der Waals surface area contributed by atoms with Crippen LogP contribution >= 0.6 is 0 Å². The van der Waals surface area contributed by atoms with Crippen molar-refractivity contribution in [3.63, 3.8) is 0 Å². The number of nitrogens with one attached hydrogen (secondary N) is 1. The van der Waals surface area contributed by atoms with E-state index in [-0.39, 0.29) is 5.91 Å². The van der Waals surface area contributed by atoms with Gasteiger partial charge in [0, 0.05) is 22.9 Å². The summed E-state index contributed by atoms with van der Waals surface area (Å²) in [7, 11) is 1.59. The zero-order valence-corrected chi connectivity index (χ0v) is 18.1. The van der Waals surface area contributed by atoms with Crippen LogP contribution in [0.3, 0.4) is 0 Å². The number of aryl methyl sites for hydroxylation is 2. The molecule has 0 saturated heterocycles. The molecule has 0 aliphatic rings. The molecule has 0 aliphatic heterocycles. The Bertz CT molecular complexity index is 1270. The summed E-state index contributed by atoms with van der Waals surface area (Å²) < 4.78 is 11.2. The summed E-state index contributed by atoms with van der Waals surface area (Å²) in [6.07, 6.45) is 1.43. The van der Waals surface area contributed by atoms with Crippen molar-refractivity contribution >= 4 is 11.6 Å². The van der Waals surface area contributed by atoms with Gasteiger partial charge in [0.05, 0.1) is 12.8 Å². The molecule has 4 rings (SSSR count). The molecule has 0 atom stereocenters. The highest BCUT2D eigenvalue weighted by Crippen LogP contribution is 2.31. The van der Waals surface area contributed by atoms with E-state index in [4.69, 9.17) is 9.47 Å². The van der Waals surface area contributed by atoms with Crippen molar-refractivity contribution in [1.82, 2.24) is 9.97 Å². The summed E-state index contributed by atoms with van der Waals surface area (Å²) in [4.78, 5) is 21.4. The number of amides is 1. The fourth-order valence-corrected chi connectivity index (χ4v) is 3.34. The van der Waals surface area contributed by atoms with Crippen molar-refractivity contribution in [3.8, 4) is 28.6 Å². The Labute approximate surface area is 186 Å². The van der Waals surface area contributed by atoms with E-state index in [0.29, 0.717) is 28.6 Å². The molecule has 0 aliphatic carbocycles. The van der Waals surface area contributed by atoms with Gasteiger partial charge in [0.25, 0.3) is 5.91 Å². The Kier molecular flexibility index (Phi) is 6.12. The molecule has 0 unspecified atom stereocenters. The molecule has 1 N–H and O–H groups in total. The zero-order valence-electron chi connectivity index (χ0n) is 18.1. The first-order chi connectivity index (χ1) is 15.5. The van der Waals surface area contributed by atoms with Crippen molar-refractivity contribution in [2.45, 2.75) is 13.8 Å². The predicted octanol–water partition coefficient (Wildman–Crippen LogP) is 5.81. The van der Waals surface area contributed by atoms with Gasteiger partial charge in [-0.05, 0) is 49.7 Å². The van der Waals surface area contributed by atoms with E-state index in [1.165, 1.54) is 6.33 Å². The lowest BCUT2D eigenvalue weighted by molar-refractivity contribution is 0.102. The highest BCUT2D eigenvalue weighted by Gasteiger charge is 2.12. The molecule has 0 radical (unpaired) electrons. The second-order valence-electron chi connectivity index (χ2n) is 7.35. The lowest BCUT2D eigenvalue weighted by Gasteiger charge is -2.11. The van der Waals surface area contributed by atoms with Crippen LogP contribution in [0.1, 0.15) is 21.5 Å². The Balaban J connectivity index is 1.56. The van der Waals surface area contributed by atoms with Crippen LogP contribution in [-0.2, 0) is 0 Å². The molecule has 0 saturated carbocycles. The number of benzene rings is 3. The van der Waals surface area contributed by atoms with Gasteiger partial charge in [-0.25, -0.2) is 9.97 Å². The molecule has 6 heteroatoms. The number of ether oxygens (including phenoxy) is 2. The van der Waals surface area contributed by atoms with Crippen molar-refractivity contribution in [3.05, 3.63) is 95.8 Å². The summed E-state index contributed by atoms with van der Waals surface area (Å²) in [5.74, 6) is 1.36. The quantitative estimate of drug-likeness (QED) is 0.422. The SMILES string of the molecule is COc1ccccc1Oc1cc(-c2cccc(C(=O)Nc3ccc(C)cc3C)c2)ncn1. The Morgan fingerprint density at radius 2 is 1.69 bits per heavy atom. The van der Waals surface area contributed by atoms with Crippen LogP contribution in [0.4, 0.5) is 5.69 Å². The Hall–Kier alpha value is -4.19. The van der Waals surface area contributed by atoms with Crippen molar-refractivity contribution < 1.29 is 14.3 Å². The molecule has 0 bridgehead atoms. The van der Waals surface area contributed by atoms with Gasteiger partial charge in [-0.2, -0.15) is 0 Å². The number of carbonyl (C=O) groups excluding carboxylic acids is 1. The summed E-state index contributed by atoms with van der Waals surface area (Å²) >= 11 is 0. The van der Waals surface area contributed by atoms with Crippen molar-refractivity contribution in [2.75, 3.05) is 12.4 Å². The van der Waals surface area contributed by atoms with Crippen LogP contribution in [0.25, 0.3) is 11.3 Å². The van der Waals surface area contributed by atoms with Gasteiger partial charge in [-0.1, -0.05) is 42.0 Å². The van der Waals surface area contributed by atoms with Gasteiger partial charge in [0.1, 0.15) is 6.33 Å². The third kappa shape index (κ3) is 4.75. The van der Waals surface area contributed by atoms with Crippen molar-refractivity contribution in [2.24, 2.45) is 0 Å². The first kappa shape index (κ1) is 21.1. The van der Waals surface area contributed by atoms with Crippen LogP contribution in [0.5, 0.6) is 17.4 Å². The predicted molar refractivity (Wildman–Crippen MR) is 124 cm³/mol. The van der Waals surface area contributed by atoms with E-state index in [2.05, 4.69) is 15.3 Å². The number of aromatic nitrogens is 2. The molecule has 160 valence electrons. The largest absolute Gasteiger partial charge is 0.493 e. The lowest BCUT2D eigenvalue weighted by atomic mass is 10.1. The van der Waals surface area contributed by atoms with Gasteiger partial charge in [-0.3, -0.25) is 4.79 Å². The number of anilines is 1. The van der Waals surface area contributed by atoms with E-state index in [0.717, 1.165) is 22.4 Å². The molecule has 1 amide bonds. The molecule has 1 aromatic heterocycles. The summed E-state index contributed by atoms with van der Waals surface area (Å²) in [5.41, 5.74) is 4.92. The van der Waals surface area contributed by atoms with Gasteiger partial charge in [-0.15, -0.1) is 0 Å². The average molecular weight is 425 g/mol. The maximum absolute atomic E-state index is 12.8. The van der Waals surface area contributed by atoms with Crippen LogP contribution in [-0.4, -0.2) is 23.0 Å². The Morgan fingerprint density at radius 3 is 2.47 bits per heavy atom. The smallest absolute Gasteiger partial charge is 0.255 e. The molecular formula is C26H23N3O3. The Morgan fingerprint density at radius 1 is 0.875 bits per heavy atom. The second-order valence-corrected chi connectivity index (χ2v) is 7.35. The van der Waals surface area contributed by atoms with Crippen LogP contribution in [0.15, 0.2) is 79.1 Å². The number of nitrogens with zero attached hydrogens (tertiary/aromatic N) is 2. The van der Waals surface area contributed by atoms with Gasteiger partial charge in [0.2, 0.25) is 5.88 Å². The molecule has 1 heterocycles. The van der Waals surface area contributed by atoms with E-state index >= 15 is 0 Å². The summed E-state index contributed by atoms with van der Waals surface area (Å²) in [6.45, 7) is 4.00. The fraction of sp³-hybridized carbons (Fsp3) is 0.115. The first-order valence-electron chi connectivity index (χ1n) is 10.2. The molecule has 3 aromatic carbocycles. The minimum absolute atomic E-state index is 0.182. The summed E-state index contributed by atoms with van der Waals surface area (Å²) in [5, 5.41) is 2.98. The fourth-order valence-electron chi connectivity index (χ4n) is 3.34. The molecule has 4 aromatic rings. The number of para-hydroxylation sites is 2. The summed E-state index contributed by atoms with van der Waals surface area (Å²) in [6, 6.07) is 22.3. The number of rotatable bonds is 6. The van der Waals surface area contributed by atoms with Gasteiger partial charge in [0.15, 0.2) is 11.5 Å². The minimum atomic E-state index is -0.182. The highest BCUT2D eigenvalue weighted by molar-refractivity contribution is 6.05. The monoisotopic (exact) mass is 425 g/mol. The zero-order chi connectivity index (χ0) is 22.5. The minimum Gasteiger partial charge on any atom is -0.493 e. The number of carbonyl (C=O) groups is 1. The maximum Gasteiger partial charge on any atom is 0.255 e. The van der Waals surface area contributed by atoms with E-state index in [9.17, 15) is 4.79 Å². The van der Waals surface area contributed by atoms with E-state index in [1.807, 2.05) is 62.4 Å². The molecule has 0 spiro atoms. The second kappa shape index (κ2) is 9.31. The van der Waals surface area contributed by atoms with Crippen LogP contribution in [0, 0.1) is 13.8 Å². The molecule has 0 fully saturated rings. The molecule has 32 heavy (non-hydrogen) atoms. The lowest BCUT2D eigenvalue weighted by Crippen LogP contribution is -2.12. The van der Waals surface area contributed by atoms with Gasteiger partial charge < -0.3 is 14.8 Å². The topological polar surface area (TPSA) is 73.3 Å². The average Bonchev–Trinajstić information content (AvgIpc) is 2.81. The normalized spacial score (nSPS) is 10.5. The third-order valence-corrected chi connectivity index (χ3v) is 4.98. The number of hydrogen-bond acceptors (Lipinski definition) is 5. The van der Waals surface area contributed by atoms with E-state index in [1.54, 1.807) is 31.4 Å². The third-order valence-electron chi connectivity index (χ3n) is 4.98. The number of hydrogen-bond donors (Lipinski definition) is 1. The maximum atomic E-state index is 12.8. The van der Waals surface area contributed by atoms with Crippen molar-refractivity contribution in [1.29, 1.82) is 0 Å². The standard InChI is InChI=1S/C26H23N3O3/c1-17-11-12-21(18(2)13-17)29-26(30)20-8-6-7-19(14-20)22-15-25(28-16-27-22)32-24-10-5-4-9-23(24)31-3/h4-16H,1-3H3,(H,29,30).